The number of aromatic nitrogens is 1. The molecule has 0 aromatic carbocycles. The summed E-state index contributed by atoms with van der Waals surface area (Å²) in [5, 5.41) is 0. The van der Waals surface area contributed by atoms with Gasteiger partial charge in [-0.3, -0.25) is 4.98 Å². The minimum atomic E-state index is 0.772. The molecule has 1 aromatic rings. The zero-order chi connectivity index (χ0) is 8.55. The molecule has 0 saturated heterocycles. The first-order valence-corrected chi connectivity index (χ1v) is 4.72. The zero-order valence-corrected chi connectivity index (χ0v) is 7.75. The van der Waals surface area contributed by atoms with Gasteiger partial charge < -0.3 is 0 Å². The van der Waals surface area contributed by atoms with Crippen LogP contribution in [0.4, 0.5) is 0 Å². The molecular formula is C11H15N. The fourth-order valence-electron chi connectivity index (χ4n) is 2.17. The molecular weight excluding hydrogens is 146 g/mol. The summed E-state index contributed by atoms with van der Waals surface area (Å²) in [6, 6.07) is 2.19. The molecule has 1 nitrogen and oxygen atoms in total. The summed E-state index contributed by atoms with van der Waals surface area (Å²) in [6.45, 7) is 4.61. The summed E-state index contributed by atoms with van der Waals surface area (Å²) in [4.78, 5) is 4.15. The van der Waals surface area contributed by atoms with Crippen molar-refractivity contribution in [3.63, 3.8) is 0 Å². The highest BCUT2D eigenvalue weighted by atomic mass is 14.6. The van der Waals surface area contributed by atoms with E-state index in [4.69, 9.17) is 0 Å². The Labute approximate surface area is 73.8 Å². The Morgan fingerprint density at radius 3 is 3.08 bits per heavy atom. The van der Waals surface area contributed by atoms with Crippen LogP contribution in [-0.4, -0.2) is 4.98 Å². The molecule has 0 aliphatic heterocycles. The van der Waals surface area contributed by atoms with Crippen molar-refractivity contribution in [3.8, 4) is 0 Å². The minimum absolute atomic E-state index is 0.772. The molecule has 0 amide bonds. The molecule has 64 valence electrons. The molecule has 12 heavy (non-hydrogen) atoms. The van der Waals surface area contributed by atoms with Crippen molar-refractivity contribution in [1.29, 1.82) is 0 Å². The Bertz CT molecular complexity index is 278. The van der Waals surface area contributed by atoms with Gasteiger partial charge in [0.25, 0.3) is 0 Å². The lowest BCUT2D eigenvalue weighted by molar-refractivity contribution is 0.496. The van der Waals surface area contributed by atoms with Gasteiger partial charge in [0.2, 0.25) is 0 Å². The average Bonchev–Trinajstić information content (AvgIpc) is 2.47. The van der Waals surface area contributed by atoms with Gasteiger partial charge in [-0.1, -0.05) is 13.8 Å². The van der Waals surface area contributed by atoms with E-state index in [1.807, 2.05) is 12.4 Å². The first-order chi connectivity index (χ1) is 5.79. The largest absolute Gasteiger partial charge is 0.264 e. The van der Waals surface area contributed by atoms with Crippen LogP contribution in [0, 0.1) is 5.92 Å². The minimum Gasteiger partial charge on any atom is -0.264 e. The van der Waals surface area contributed by atoms with Crippen molar-refractivity contribution >= 4 is 0 Å². The van der Waals surface area contributed by atoms with Gasteiger partial charge in [-0.25, -0.2) is 0 Å². The van der Waals surface area contributed by atoms with Crippen LogP contribution in [-0.2, 0) is 6.42 Å². The van der Waals surface area contributed by atoms with E-state index in [1.54, 1.807) is 5.56 Å². The van der Waals surface area contributed by atoms with Crippen LogP contribution in [0.3, 0.4) is 0 Å². The molecule has 2 rings (SSSR count). The van der Waals surface area contributed by atoms with Crippen LogP contribution in [0.15, 0.2) is 18.5 Å². The van der Waals surface area contributed by atoms with Gasteiger partial charge >= 0.3 is 0 Å². The standard InChI is InChI=1S/C11H15N/c1-8(2)10-4-3-9-7-12-6-5-11(9)10/h5-8,10H,3-4H2,1-2H3. The second-order valence-electron chi connectivity index (χ2n) is 3.96. The Hall–Kier alpha value is -0.850. The van der Waals surface area contributed by atoms with E-state index in [0.717, 1.165) is 11.8 Å². The molecule has 0 radical (unpaired) electrons. The van der Waals surface area contributed by atoms with Gasteiger partial charge in [-0.2, -0.15) is 0 Å². The maximum atomic E-state index is 4.15. The van der Waals surface area contributed by atoms with E-state index in [9.17, 15) is 0 Å². The molecule has 1 atom stereocenters. The Kier molecular flexibility index (Phi) is 1.87. The average molecular weight is 161 g/mol. The molecule has 0 spiro atoms. The molecule has 1 heteroatoms. The molecule has 0 fully saturated rings. The lowest BCUT2D eigenvalue weighted by Gasteiger charge is -2.14. The SMILES string of the molecule is CC(C)C1CCc2cnccc21. The monoisotopic (exact) mass is 161 g/mol. The van der Waals surface area contributed by atoms with Crippen molar-refractivity contribution in [2.24, 2.45) is 5.92 Å². The highest BCUT2D eigenvalue weighted by Gasteiger charge is 2.24. The van der Waals surface area contributed by atoms with Gasteiger partial charge in [0, 0.05) is 12.4 Å². The third-order valence-corrected chi connectivity index (χ3v) is 2.87. The van der Waals surface area contributed by atoms with E-state index in [1.165, 1.54) is 18.4 Å². The lowest BCUT2D eigenvalue weighted by Crippen LogP contribution is -2.01. The molecule has 1 aliphatic carbocycles. The third kappa shape index (κ3) is 1.13. The lowest BCUT2D eigenvalue weighted by atomic mass is 9.91. The van der Waals surface area contributed by atoms with Crippen LogP contribution < -0.4 is 0 Å². The predicted octanol–water partition coefficient (Wildman–Crippen LogP) is 2.77. The van der Waals surface area contributed by atoms with E-state index >= 15 is 0 Å². The fraction of sp³-hybridized carbons (Fsp3) is 0.545. The number of nitrogens with zero attached hydrogens (tertiary/aromatic N) is 1. The first-order valence-electron chi connectivity index (χ1n) is 4.72. The molecule has 1 heterocycles. The summed E-state index contributed by atoms with van der Waals surface area (Å²) in [5.74, 6) is 1.55. The van der Waals surface area contributed by atoms with Crippen LogP contribution >= 0.6 is 0 Å². The smallest absolute Gasteiger partial charge is 0.0302 e. The van der Waals surface area contributed by atoms with Gasteiger partial charge in [-0.15, -0.1) is 0 Å². The summed E-state index contributed by atoms with van der Waals surface area (Å²) >= 11 is 0. The number of hydrogen-bond acceptors (Lipinski definition) is 1. The van der Waals surface area contributed by atoms with E-state index in [0.29, 0.717) is 0 Å². The molecule has 1 unspecified atom stereocenters. The topological polar surface area (TPSA) is 12.9 Å². The van der Waals surface area contributed by atoms with Crippen molar-refractivity contribution in [3.05, 3.63) is 29.6 Å². The number of fused-ring (bicyclic) bond motifs is 1. The van der Waals surface area contributed by atoms with E-state index < -0.39 is 0 Å². The molecule has 0 bridgehead atoms. The maximum absolute atomic E-state index is 4.15. The Morgan fingerprint density at radius 2 is 2.33 bits per heavy atom. The Morgan fingerprint density at radius 1 is 1.50 bits per heavy atom. The van der Waals surface area contributed by atoms with Gasteiger partial charge in [0.1, 0.15) is 0 Å². The maximum Gasteiger partial charge on any atom is 0.0302 e. The summed E-state index contributed by atoms with van der Waals surface area (Å²) in [7, 11) is 0. The first kappa shape index (κ1) is 7.78. The molecule has 1 aromatic heterocycles. The number of rotatable bonds is 1. The van der Waals surface area contributed by atoms with Gasteiger partial charge in [0.05, 0.1) is 0 Å². The van der Waals surface area contributed by atoms with Crippen molar-refractivity contribution in [2.75, 3.05) is 0 Å². The van der Waals surface area contributed by atoms with Crippen LogP contribution in [0.2, 0.25) is 0 Å². The summed E-state index contributed by atoms with van der Waals surface area (Å²) in [6.07, 6.45) is 6.49. The third-order valence-electron chi connectivity index (χ3n) is 2.87. The Balaban J connectivity index is 2.36. The molecule has 0 N–H and O–H groups in total. The predicted molar refractivity (Wildman–Crippen MR) is 50.1 cm³/mol. The molecule has 1 aliphatic rings. The van der Waals surface area contributed by atoms with E-state index in [-0.39, 0.29) is 0 Å². The van der Waals surface area contributed by atoms with Crippen molar-refractivity contribution < 1.29 is 0 Å². The van der Waals surface area contributed by atoms with Crippen LogP contribution in [0.25, 0.3) is 0 Å². The number of pyridine rings is 1. The quantitative estimate of drug-likeness (QED) is 0.617. The van der Waals surface area contributed by atoms with Crippen LogP contribution in [0.5, 0.6) is 0 Å². The van der Waals surface area contributed by atoms with Gasteiger partial charge in [-0.05, 0) is 41.9 Å². The highest BCUT2D eigenvalue weighted by molar-refractivity contribution is 5.32. The van der Waals surface area contributed by atoms with Crippen molar-refractivity contribution in [1.82, 2.24) is 4.98 Å². The van der Waals surface area contributed by atoms with Crippen LogP contribution in [0.1, 0.15) is 37.3 Å². The summed E-state index contributed by atoms with van der Waals surface area (Å²) in [5.41, 5.74) is 3.01. The molecule has 0 saturated carbocycles. The number of hydrogen-bond donors (Lipinski definition) is 0. The summed E-state index contributed by atoms with van der Waals surface area (Å²) < 4.78 is 0. The normalized spacial score (nSPS) is 21.4. The van der Waals surface area contributed by atoms with E-state index in [2.05, 4.69) is 24.9 Å². The zero-order valence-electron chi connectivity index (χ0n) is 7.75. The second-order valence-corrected chi connectivity index (χ2v) is 3.96. The van der Waals surface area contributed by atoms with Crippen molar-refractivity contribution in [2.45, 2.75) is 32.6 Å². The van der Waals surface area contributed by atoms with Gasteiger partial charge in [0.15, 0.2) is 0 Å². The highest BCUT2D eigenvalue weighted by Crippen LogP contribution is 2.37. The second kappa shape index (κ2) is 2.89. The fourth-order valence-corrected chi connectivity index (χ4v) is 2.17. The number of aryl methyl sites for hydroxylation is 1.